The number of carbonyl (C=O) groups excluding carboxylic acids is 1. The Morgan fingerprint density at radius 2 is 1.80 bits per heavy atom. The molecular weight excluding hydrogens is 266 g/mol. The van der Waals surface area contributed by atoms with Crippen LogP contribution in [0.2, 0.25) is 0 Å². The summed E-state index contributed by atoms with van der Waals surface area (Å²) in [4.78, 5) is 12.0. The maximum absolute atomic E-state index is 12.0. The fraction of sp³-hybridized carbons (Fsp3) is 0.529. The van der Waals surface area contributed by atoms with Crippen molar-refractivity contribution < 1.29 is 4.79 Å². The van der Waals surface area contributed by atoms with Crippen molar-refractivity contribution in [3.8, 4) is 6.07 Å². The molecule has 0 saturated carbocycles. The van der Waals surface area contributed by atoms with Gasteiger partial charge in [-0.25, -0.2) is 0 Å². The second-order valence-electron chi connectivity index (χ2n) is 5.77. The average molecular weight is 289 g/mol. The summed E-state index contributed by atoms with van der Waals surface area (Å²) in [5.74, 6) is 2.02. The Kier molecular flexibility index (Phi) is 6.81. The first kappa shape index (κ1) is 16.8. The van der Waals surface area contributed by atoms with E-state index in [4.69, 9.17) is 5.26 Å². The Balaban J connectivity index is 2.84. The van der Waals surface area contributed by atoms with E-state index < -0.39 is 0 Å². The van der Waals surface area contributed by atoms with Crippen LogP contribution in [0.3, 0.4) is 0 Å². The molecule has 3 heteroatoms. The molecule has 0 saturated heterocycles. The fourth-order valence-electron chi connectivity index (χ4n) is 1.77. The molecule has 1 rings (SSSR count). The molecule has 0 fully saturated rings. The van der Waals surface area contributed by atoms with Gasteiger partial charge in [0.1, 0.15) is 5.78 Å². The predicted octanol–water partition coefficient (Wildman–Crippen LogP) is 4.60. The van der Waals surface area contributed by atoms with Gasteiger partial charge in [-0.3, -0.25) is 4.79 Å². The largest absolute Gasteiger partial charge is 0.299 e. The van der Waals surface area contributed by atoms with Crippen molar-refractivity contribution in [2.24, 2.45) is 11.8 Å². The zero-order valence-corrected chi connectivity index (χ0v) is 13.5. The third-order valence-electron chi connectivity index (χ3n) is 3.07. The first-order valence-corrected chi connectivity index (χ1v) is 8.13. The van der Waals surface area contributed by atoms with Gasteiger partial charge in [-0.2, -0.15) is 17.0 Å². The number of nitriles is 1. The van der Waals surface area contributed by atoms with Gasteiger partial charge in [0.15, 0.2) is 0 Å². The maximum atomic E-state index is 12.0. The zero-order chi connectivity index (χ0) is 15.1. The molecule has 1 aromatic rings. The molecule has 20 heavy (non-hydrogen) atoms. The lowest BCUT2D eigenvalue weighted by atomic mass is 10.00. The van der Waals surface area contributed by atoms with Crippen LogP contribution in [0.25, 0.3) is 0 Å². The fourth-order valence-corrected chi connectivity index (χ4v) is 3.02. The van der Waals surface area contributed by atoms with Crippen LogP contribution >= 0.6 is 11.8 Å². The molecule has 0 spiro atoms. The van der Waals surface area contributed by atoms with Gasteiger partial charge in [0.2, 0.25) is 0 Å². The van der Waals surface area contributed by atoms with E-state index in [9.17, 15) is 4.79 Å². The van der Waals surface area contributed by atoms with Crippen molar-refractivity contribution >= 4 is 17.5 Å². The molecule has 0 amide bonds. The Labute approximate surface area is 126 Å². The molecule has 0 aliphatic carbocycles. The van der Waals surface area contributed by atoms with E-state index in [0.717, 1.165) is 11.3 Å². The van der Waals surface area contributed by atoms with E-state index in [-0.39, 0.29) is 11.2 Å². The molecule has 0 radical (unpaired) electrons. The quantitative estimate of drug-likeness (QED) is 0.736. The van der Waals surface area contributed by atoms with Crippen LogP contribution in [-0.2, 0) is 4.79 Å². The lowest BCUT2D eigenvalue weighted by Crippen LogP contribution is -2.11. The molecule has 0 bridgehead atoms. The van der Waals surface area contributed by atoms with E-state index in [2.05, 4.69) is 19.9 Å². The number of Topliss-reactive ketones (excluding diaryl/α,β-unsaturated/α-hetero) is 1. The summed E-state index contributed by atoms with van der Waals surface area (Å²) in [6, 6.07) is 9.74. The molecule has 1 atom stereocenters. The van der Waals surface area contributed by atoms with Gasteiger partial charge in [-0.1, -0.05) is 39.8 Å². The van der Waals surface area contributed by atoms with Gasteiger partial charge < -0.3 is 0 Å². The minimum atomic E-state index is 0.0792. The first-order valence-electron chi connectivity index (χ1n) is 7.08. The number of rotatable bonds is 7. The third-order valence-corrected chi connectivity index (χ3v) is 4.77. The van der Waals surface area contributed by atoms with Crippen LogP contribution in [0.5, 0.6) is 0 Å². The number of hydrogen-bond donors (Lipinski definition) is 0. The van der Waals surface area contributed by atoms with Crippen molar-refractivity contribution in [2.75, 3.05) is 5.75 Å². The van der Waals surface area contributed by atoms with Crippen LogP contribution < -0.4 is 0 Å². The molecule has 108 valence electrons. The summed E-state index contributed by atoms with van der Waals surface area (Å²) in [5.41, 5.74) is 1.81. The SMILES string of the molecule is CC(C)CSC(CC(=O)C(C)C)c1ccc(C#N)cc1. The zero-order valence-electron chi connectivity index (χ0n) is 12.7. The Morgan fingerprint density at radius 3 is 2.25 bits per heavy atom. The van der Waals surface area contributed by atoms with Crippen LogP contribution in [-0.4, -0.2) is 11.5 Å². The van der Waals surface area contributed by atoms with Gasteiger partial charge in [-0.15, -0.1) is 0 Å². The predicted molar refractivity (Wildman–Crippen MR) is 85.7 cm³/mol. The lowest BCUT2D eigenvalue weighted by molar-refractivity contribution is -0.121. The van der Waals surface area contributed by atoms with Crippen molar-refractivity contribution in [3.05, 3.63) is 35.4 Å². The third kappa shape index (κ3) is 5.38. The minimum Gasteiger partial charge on any atom is -0.299 e. The summed E-state index contributed by atoms with van der Waals surface area (Å²) >= 11 is 1.84. The lowest BCUT2D eigenvalue weighted by Gasteiger charge is -2.18. The van der Waals surface area contributed by atoms with Crippen LogP contribution in [0, 0.1) is 23.2 Å². The van der Waals surface area contributed by atoms with Gasteiger partial charge >= 0.3 is 0 Å². The van der Waals surface area contributed by atoms with Gasteiger partial charge in [-0.05, 0) is 29.4 Å². The smallest absolute Gasteiger partial charge is 0.136 e. The molecule has 2 nitrogen and oxygen atoms in total. The molecule has 1 aromatic carbocycles. The van der Waals surface area contributed by atoms with E-state index in [0.29, 0.717) is 23.7 Å². The molecule has 0 aliphatic rings. The summed E-state index contributed by atoms with van der Waals surface area (Å²) < 4.78 is 0. The van der Waals surface area contributed by atoms with Crippen molar-refractivity contribution in [2.45, 2.75) is 39.4 Å². The second kappa shape index (κ2) is 8.11. The molecule has 0 N–H and O–H groups in total. The van der Waals surface area contributed by atoms with Gasteiger partial charge in [0, 0.05) is 17.6 Å². The van der Waals surface area contributed by atoms with E-state index in [1.807, 2.05) is 49.9 Å². The first-order chi connectivity index (χ1) is 9.43. The van der Waals surface area contributed by atoms with Crippen molar-refractivity contribution in [1.82, 2.24) is 0 Å². The standard InChI is InChI=1S/C17H23NOS/c1-12(2)11-20-17(9-16(19)13(3)4)15-7-5-14(10-18)6-8-15/h5-8,12-13,17H,9,11H2,1-4H3. The monoisotopic (exact) mass is 289 g/mol. The van der Waals surface area contributed by atoms with Crippen LogP contribution in [0.1, 0.15) is 50.5 Å². The summed E-state index contributed by atoms with van der Waals surface area (Å²) in [6.07, 6.45) is 0.570. The van der Waals surface area contributed by atoms with E-state index in [1.165, 1.54) is 0 Å². The molecule has 1 unspecified atom stereocenters. The number of thioether (sulfide) groups is 1. The highest BCUT2D eigenvalue weighted by Gasteiger charge is 2.19. The van der Waals surface area contributed by atoms with E-state index >= 15 is 0 Å². The highest BCUT2D eigenvalue weighted by atomic mass is 32.2. The molecule has 0 heterocycles. The Bertz CT molecular complexity index is 471. The Morgan fingerprint density at radius 1 is 1.20 bits per heavy atom. The number of carbonyl (C=O) groups is 1. The highest BCUT2D eigenvalue weighted by Crippen LogP contribution is 2.34. The number of hydrogen-bond acceptors (Lipinski definition) is 3. The van der Waals surface area contributed by atoms with Crippen LogP contribution in [0.15, 0.2) is 24.3 Å². The Hall–Kier alpha value is -1.27. The second-order valence-corrected chi connectivity index (χ2v) is 7.01. The molecule has 0 aromatic heterocycles. The van der Waals surface area contributed by atoms with Crippen LogP contribution in [0.4, 0.5) is 0 Å². The molecular formula is C17H23NOS. The highest BCUT2D eigenvalue weighted by molar-refractivity contribution is 7.99. The average Bonchev–Trinajstić information content (AvgIpc) is 2.43. The van der Waals surface area contributed by atoms with E-state index in [1.54, 1.807) is 0 Å². The normalized spacial score (nSPS) is 12.4. The number of nitrogens with zero attached hydrogens (tertiary/aromatic N) is 1. The topological polar surface area (TPSA) is 40.9 Å². The van der Waals surface area contributed by atoms with Gasteiger partial charge in [0.05, 0.1) is 11.6 Å². The maximum Gasteiger partial charge on any atom is 0.136 e. The number of ketones is 1. The van der Waals surface area contributed by atoms with Crippen molar-refractivity contribution in [1.29, 1.82) is 5.26 Å². The number of benzene rings is 1. The molecule has 0 aliphatic heterocycles. The van der Waals surface area contributed by atoms with Gasteiger partial charge in [0.25, 0.3) is 0 Å². The summed E-state index contributed by atoms with van der Waals surface area (Å²) in [6.45, 7) is 8.27. The summed E-state index contributed by atoms with van der Waals surface area (Å²) in [7, 11) is 0. The van der Waals surface area contributed by atoms with Crippen molar-refractivity contribution in [3.63, 3.8) is 0 Å². The minimum absolute atomic E-state index is 0.0792. The summed E-state index contributed by atoms with van der Waals surface area (Å²) in [5, 5.41) is 9.05.